The van der Waals surface area contributed by atoms with Crippen molar-refractivity contribution in [2.24, 2.45) is 5.92 Å². The van der Waals surface area contributed by atoms with Crippen molar-refractivity contribution in [3.8, 4) is 0 Å². The second-order valence-electron chi connectivity index (χ2n) is 6.59. The molecule has 0 aliphatic carbocycles. The molecule has 7 nitrogen and oxygen atoms in total. The highest BCUT2D eigenvalue weighted by molar-refractivity contribution is 6.08. The van der Waals surface area contributed by atoms with Crippen molar-refractivity contribution in [2.45, 2.75) is 27.2 Å². The van der Waals surface area contributed by atoms with E-state index >= 15 is 0 Å². The number of ether oxygens (including phenoxy) is 1. The predicted molar refractivity (Wildman–Crippen MR) is 106 cm³/mol. The zero-order chi connectivity index (χ0) is 20.5. The topological polar surface area (TPSA) is 97.4 Å². The molecule has 2 N–H and O–H groups in total. The Morgan fingerprint density at radius 2 is 1.86 bits per heavy atom. The number of pyridine rings is 1. The molecule has 1 aromatic carbocycles. The first kappa shape index (κ1) is 21.1. The Kier molecular flexibility index (Phi) is 7.68. The molecule has 28 heavy (non-hydrogen) atoms. The summed E-state index contributed by atoms with van der Waals surface area (Å²) >= 11 is 0. The van der Waals surface area contributed by atoms with Crippen LogP contribution in [-0.4, -0.2) is 35.9 Å². The standard InChI is InChI=1S/C21H25N3O4/c1-4-28-21(27)16-7-5-6-8-17(16)24-19(25)15-10-12-22-18(13-15)20(26)23-11-9-14(2)3/h5-8,10,12-14H,4,9,11H2,1-3H3,(H,23,26)(H,24,25). The van der Waals surface area contributed by atoms with Gasteiger partial charge >= 0.3 is 5.97 Å². The molecule has 0 aliphatic heterocycles. The smallest absolute Gasteiger partial charge is 0.340 e. The van der Waals surface area contributed by atoms with Crippen molar-refractivity contribution >= 4 is 23.5 Å². The number of para-hydroxylation sites is 1. The quantitative estimate of drug-likeness (QED) is 0.682. The van der Waals surface area contributed by atoms with Gasteiger partial charge < -0.3 is 15.4 Å². The Morgan fingerprint density at radius 1 is 1.11 bits per heavy atom. The lowest BCUT2D eigenvalue weighted by atomic mass is 10.1. The van der Waals surface area contributed by atoms with Gasteiger partial charge in [-0.3, -0.25) is 14.6 Å². The van der Waals surface area contributed by atoms with E-state index in [1.54, 1.807) is 31.2 Å². The highest BCUT2D eigenvalue weighted by atomic mass is 16.5. The van der Waals surface area contributed by atoms with E-state index in [-0.39, 0.29) is 29.3 Å². The van der Waals surface area contributed by atoms with Crippen LogP contribution in [0.2, 0.25) is 0 Å². The number of rotatable bonds is 8. The fourth-order valence-electron chi connectivity index (χ4n) is 2.43. The number of carbonyl (C=O) groups is 3. The van der Waals surface area contributed by atoms with Crippen LogP contribution in [0.3, 0.4) is 0 Å². The number of hydrogen-bond acceptors (Lipinski definition) is 5. The average Bonchev–Trinajstić information content (AvgIpc) is 2.68. The van der Waals surface area contributed by atoms with E-state index in [4.69, 9.17) is 4.74 Å². The first-order valence-corrected chi connectivity index (χ1v) is 9.24. The van der Waals surface area contributed by atoms with E-state index in [1.165, 1.54) is 18.3 Å². The number of amides is 2. The molecule has 0 bridgehead atoms. The summed E-state index contributed by atoms with van der Waals surface area (Å²) in [5, 5.41) is 5.48. The molecule has 2 rings (SSSR count). The Morgan fingerprint density at radius 3 is 2.57 bits per heavy atom. The molecule has 0 spiro atoms. The zero-order valence-corrected chi connectivity index (χ0v) is 16.3. The van der Waals surface area contributed by atoms with Crippen molar-refractivity contribution in [3.05, 3.63) is 59.4 Å². The van der Waals surface area contributed by atoms with Gasteiger partial charge in [-0.2, -0.15) is 0 Å². The van der Waals surface area contributed by atoms with E-state index in [1.807, 2.05) is 0 Å². The molecule has 0 atom stereocenters. The van der Waals surface area contributed by atoms with E-state index in [0.717, 1.165) is 6.42 Å². The minimum Gasteiger partial charge on any atom is -0.462 e. The summed E-state index contributed by atoms with van der Waals surface area (Å²) in [6, 6.07) is 9.52. The Labute approximate surface area is 164 Å². The van der Waals surface area contributed by atoms with Crippen LogP contribution >= 0.6 is 0 Å². The number of benzene rings is 1. The van der Waals surface area contributed by atoms with Gasteiger partial charge in [0.05, 0.1) is 17.9 Å². The monoisotopic (exact) mass is 383 g/mol. The number of nitrogens with one attached hydrogen (secondary N) is 2. The van der Waals surface area contributed by atoms with Gasteiger partial charge in [0.15, 0.2) is 0 Å². The molecule has 148 valence electrons. The highest BCUT2D eigenvalue weighted by Gasteiger charge is 2.16. The van der Waals surface area contributed by atoms with Crippen molar-refractivity contribution in [1.29, 1.82) is 0 Å². The summed E-state index contributed by atoms with van der Waals surface area (Å²) < 4.78 is 5.01. The van der Waals surface area contributed by atoms with Crippen LogP contribution in [0, 0.1) is 5.92 Å². The van der Waals surface area contributed by atoms with Gasteiger partial charge in [-0.25, -0.2) is 4.79 Å². The lowest BCUT2D eigenvalue weighted by Crippen LogP contribution is -2.26. The van der Waals surface area contributed by atoms with Crippen LogP contribution in [0.5, 0.6) is 0 Å². The number of hydrogen-bond donors (Lipinski definition) is 2. The summed E-state index contributed by atoms with van der Waals surface area (Å²) in [6.07, 6.45) is 2.26. The minimum absolute atomic E-state index is 0.162. The van der Waals surface area contributed by atoms with Crippen molar-refractivity contribution in [1.82, 2.24) is 10.3 Å². The maximum absolute atomic E-state index is 12.6. The van der Waals surface area contributed by atoms with Crippen LogP contribution in [0.15, 0.2) is 42.6 Å². The Balaban J connectivity index is 2.12. The first-order valence-electron chi connectivity index (χ1n) is 9.24. The fourth-order valence-corrected chi connectivity index (χ4v) is 2.43. The second kappa shape index (κ2) is 10.2. The lowest BCUT2D eigenvalue weighted by molar-refractivity contribution is 0.0527. The summed E-state index contributed by atoms with van der Waals surface area (Å²) in [5.74, 6) is -0.819. The van der Waals surface area contributed by atoms with Gasteiger partial charge in [0.1, 0.15) is 5.69 Å². The molecular formula is C21H25N3O4. The van der Waals surface area contributed by atoms with Crippen molar-refractivity contribution in [2.75, 3.05) is 18.5 Å². The van der Waals surface area contributed by atoms with Gasteiger partial charge in [0.25, 0.3) is 11.8 Å². The molecule has 0 saturated heterocycles. The Bertz CT molecular complexity index is 849. The number of carbonyl (C=O) groups excluding carboxylic acids is 3. The van der Waals surface area contributed by atoms with E-state index in [9.17, 15) is 14.4 Å². The molecule has 0 unspecified atom stereocenters. The molecule has 0 radical (unpaired) electrons. The number of esters is 1. The first-order chi connectivity index (χ1) is 13.4. The van der Waals surface area contributed by atoms with Crippen molar-refractivity contribution in [3.63, 3.8) is 0 Å². The molecule has 0 aliphatic rings. The van der Waals surface area contributed by atoms with E-state index in [0.29, 0.717) is 18.2 Å². The molecule has 1 heterocycles. The van der Waals surface area contributed by atoms with Crippen LogP contribution in [0.25, 0.3) is 0 Å². The highest BCUT2D eigenvalue weighted by Crippen LogP contribution is 2.17. The third kappa shape index (κ3) is 5.90. The summed E-state index contributed by atoms with van der Waals surface area (Å²) in [7, 11) is 0. The van der Waals surface area contributed by atoms with E-state index < -0.39 is 11.9 Å². The third-order valence-electron chi connectivity index (χ3n) is 3.93. The maximum Gasteiger partial charge on any atom is 0.340 e. The van der Waals surface area contributed by atoms with Crippen LogP contribution in [0.1, 0.15) is 58.4 Å². The number of nitrogens with zero attached hydrogens (tertiary/aromatic N) is 1. The Hall–Kier alpha value is -3.22. The van der Waals surface area contributed by atoms with Crippen LogP contribution in [-0.2, 0) is 4.74 Å². The summed E-state index contributed by atoms with van der Waals surface area (Å²) in [6.45, 7) is 6.64. The largest absolute Gasteiger partial charge is 0.462 e. The summed E-state index contributed by atoms with van der Waals surface area (Å²) in [5.41, 5.74) is 1.03. The molecule has 2 amide bonds. The van der Waals surface area contributed by atoms with Gasteiger partial charge in [-0.1, -0.05) is 26.0 Å². The van der Waals surface area contributed by atoms with E-state index in [2.05, 4.69) is 29.5 Å². The minimum atomic E-state index is -0.515. The molecule has 0 fully saturated rings. The molecule has 7 heteroatoms. The van der Waals surface area contributed by atoms with Gasteiger partial charge in [0, 0.05) is 18.3 Å². The second-order valence-corrected chi connectivity index (χ2v) is 6.59. The predicted octanol–water partition coefficient (Wildman–Crippen LogP) is 3.29. The molecular weight excluding hydrogens is 358 g/mol. The van der Waals surface area contributed by atoms with Gasteiger partial charge in [0.2, 0.25) is 0 Å². The van der Waals surface area contributed by atoms with Crippen molar-refractivity contribution < 1.29 is 19.1 Å². The fraction of sp³-hybridized carbons (Fsp3) is 0.333. The molecule has 1 aromatic heterocycles. The number of anilines is 1. The van der Waals surface area contributed by atoms with Crippen LogP contribution < -0.4 is 10.6 Å². The van der Waals surface area contributed by atoms with Crippen LogP contribution in [0.4, 0.5) is 5.69 Å². The zero-order valence-electron chi connectivity index (χ0n) is 16.3. The normalized spacial score (nSPS) is 10.4. The molecule has 2 aromatic rings. The maximum atomic E-state index is 12.6. The SMILES string of the molecule is CCOC(=O)c1ccccc1NC(=O)c1ccnc(C(=O)NCCC(C)C)c1. The lowest BCUT2D eigenvalue weighted by Gasteiger charge is -2.11. The van der Waals surface area contributed by atoms with Gasteiger partial charge in [-0.05, 0) is 43.5 Å². The summed E-state index contributed by atoms with van der Waals surface area (Å²) in [4.78, 5) is 40.9. The average molecular weight is 383 g/mol. The molecule has 0 saturated carbocycles. The number of aromatic nitrogens is 1. The van der Waals surface area contributed by atoms with Gasteiger partial charge in [-0.15, -0.1) is 0 Å². The third-order valence-corrected chi connectivity index (χ3v) is 3.93.